The average molecular weight is 309 g/mol. The normalized spacial score (nSPS) is 27.5. The molecule has 1 aliphatic heterocycles. The number of hydrogen-bond acceptors (Lipinski definition) is 2. The Bertz CT molecular complexity index is 653. The molecule has 4 heteroatoms. The number of piperidine rings is 1. The van der Waals surface area contributed by atoms with E-state index in [1.165, 1.54) is 24.8 Å². The summed E-state index contributed by atoms with van der Waals surface area (Å²) in [4.78, 5) is 14.9. The van der Waals surface area contributed by atoms with Crippen LogP contribution in [0.2, 0.25) is 0 Å². The van der Waals surface area contributed by atoms with Crippen LogP contribution in [0.3, 0.4) is 0 Å². The smallest absolute Gasteiger partial charge is 0.272 e. The van der Waals surface area contributed by atoms with Crippen molar-refractivity contribution >= 4 is 5.91 Å². The molecule has 23 heavy (non-hydrogen) atoms. The van der Waals surface area contributed by atoms with Crippen molar-refractivity contribution in [3.63, 3.8) is 0 Å². The van der Waals surface area contributed by atoms with Gasteiger partial charge < -0.3 is 4.90 Å². The Balaban J connectivity index is 1.60. The van der Waals surface area contributed by atoms with Crippen LogP contribution in [0, 0.1) is 5.92 Å². The molecule has 1 aliphatic carbocycles. The molecule has 0 radical (unpaired) electrons. The molecule has 1 saturated carbocycles. The van der Waals surface area contributed by atoms with Crippen molar-refractivity contribution in [2.45, 2.75) is 44.1 Å². The first kappa shape index (κ1) is 14.5. The summed E-state index contributed by atoms with van der Waals surface area (Å²) in [5.74, 6) is 1.30. The molecule has 3 atom stereocenters. The number of aromatic nitrogens is 2. The minimum Gasteiger partial charge on any atom is -0.334 e. The highest BCUT2D eigenvalue weighted by Crippen LogP contribution is 2.44. The number of carbonyl (C=O) groups is 1. The van der Waals surface area contributed by atoms with E-state index in [2.05, 4.69) is 45.4 Å². The Labute approximate surface area is 136 Å². The maximum absolute atomic E-state index is 12.8. The summed E-state index contributed by atoms with van der Waals surface area (Å²) < 4.78 is 0. The Morgan fingerprint density at radius 2 is 1.91 bits per heavy atom. The molecule has 2 aliphatic rings. The van der Waals surface area contributed by atoms with E-state index < -0.39 is 0 Å². The molecule has 0 spiro atoms. The van der Waals surface area contributed by atoms with E-state index >= 15 is 0 Å². The Morgan fingerprint density at radius 1 is 1.09 bits per heavy atom. The number of amides is 1. The number of fused-ring (bicyclic) bond motifs is 1. The number of aromatic amines is 1. The molecule has 2 aromatic rings. The second kappa shape index (κ2) is 6.19. The largest absolute Gasteiger partial charge is 0.334 e. The number of hydrogen-bond donors (Lipinski definition) is 1. The Hall–Kier alpha value is -2.10. The van der Waals surface area contributed by atoms with E-state index in [0.29, 0.717) is 23.6 Å². The second-order valence-corrected chi connectivity index (χ2v) is 6.79. The molecule has 1 N–H and O–H groups in total. The standard InChI is InChI=1S/C19H23N3O/c23-19(17-10-12-20-21-17)22-13-11-15(14-6-2-1-3-7-14)16-8-4-5-9-18(16)22/h1-3,6-7,10,12,15-16,18H,4-5,8-9,11,13H2,(H,20,21)/t15-,16-,18-/m0/s1. The molecule has 120 valence electrons. The summed E-state index contributed by atoms with van der Waals surface area (Å²) in [7, 11) is 0. The van der Waals surface area contributed by atoms with Crippen molar-refractivity contribution in [1.29, 1.82) is 0 Å². The summed E-state index contributed by atoms with van der Waals surface area (Å²) in [5, 5.41) is 6.76. The number of rotatable bonds is 2. The lowest BCUT2D eigenvalue weighted by Gasteiger charge is -2.48. The van der Waals surface area contributed by atoms with Crippen LogP contribution in [0.5, 0.6) is 0 Å². The van der Waals surface area contributed by atoms with Crippen LogP contribution >= 0.6 is 0 Å². The lowest BCUT2D eigenvalue weighted by atomic mass is 9.69. The van der Waals surface area contributed by atoms with Gasteiger partial charge in [-0.1, -0.05) is 43.2 Å². The van der Waals surface area contributed by atoms with Crippen LogP contribution in [0.15, 0.2) is 42.6 Å². The molecule has 2 fully saturated rings. The minimum absolute atomic E-state index is 0.117. The van der Waals surface area contributed by atoms with Gasteiger partial charge in [0.2, 0.25) is 0 Å². The van der Waals surface area contributed by atoms with Gasteiger partial charge in [-0.3, -0.25) is 9.89 Å². The molecule has 2 heterocycles. The first-order valence-electron chi connectivity index (χ1n) is 8.70. The van der Waals surface area contributed by atoms with Crippen LogP contribution in [-0.2, 0) is 0 Å². The predicted molar refractivity (Wildman–Crippen MR) is 89.2 cm³/mol. The van der Waals surface area contributed by atoms with Crippen LogP contribution in [0.1, 0.15) is 54.1 Å². The quantitative estimate of drug-likeness (QED) is 0.921. The number of H-pyrrole nitrogens is 1. The molecule has 1 amide bonds. The monoisotopic (exact) mass is 309 g/mol. The highest BCUT2D eigenvalue weighted by Gasteiger charge is 2.41. The van der Waals surface area contributed by atoms with Crippen molar-refractivity contribution in [1.82, 2.24) is 15.1 Å². The second-order valence-electron chi connectivity index (χ2n) is 6.79. The van der Waals surface area contributed by atoms with Gasteiger partial charge in [-0.15, -0.1) is 0 Å². The van der Waals surface area contributed by atoms with Gasteiger partial charge >= 0.3 is 0 Å². The van der Waals surface area contributed by atoms with E-state index in [9.17, 15) is 4.79 Å². The van der Waals surface area contributed by atoms with E-state index in [0.717, 1.165) is 19.4 Å². The number of nitrogens with one attached hydrogen (secondary N) is 1. The predicted octanol–water partition coefficient (Wildman–Crippen LogP) is 3.60. The summed E-state index contributed by atoms with van der Waals surface area (Å²) in [6.45, 7) is 0.846. The highest BCUT2D eigenvalue weighted by atomic mass is 16.2. The topological polar surface area (TPSA) is 49.0 Å². The fourth-order valence-electron chi connectivity index (χ4n) is 4.55. The van der Waals surface area contributed by atoms with Crippen molar-refractivity contribution < 1.29 is 4.79 Å². The van der Waals surface area contributed by atoms with E-state index in [1.54, 1.807) is 12.3 Å². The van der Waals surface area contributed by atoms with Crippen LogP contribution < -0.4 is 0 Å². The molecule has 1 aromatic carbocycles. The molecular formula is C19H23N3O. The van der Waals surface area contributed by atoms with Gasteiger partial charge in [-0.25, -0.2) is 0 Å². The minimum atomic E-state index is 0.117. The number of benzene rings is 1. The van der Waals surface area contributed by atoms with Crippen molar-refractivity contribution in [3.8, 4) is 0 Å². The van der Waals surface area contributed by atoms with E-state index in [1.807, 2.05) is 0 Å². The maximum Gasteiger partial charge on any atom is 0.272 e. The highest BCUT2D eigenvalue weighted by molar-refractivity contribution is 5.92. The number of likely N-dealkylation sites (tertiary alicyclic amines) is 1. The fourth-order valence-corrected chi connectivity index (χ4v) is 4.55. The maximum atomic E-state index is 12.8. The Kier molecular flexibility index (Phi) is 3.90. The SMILES string of the molecule is O=C(c1ccn[nH]1)N1CC[C@@H](c2ccccc2)[C@@H]2CCCC[C@@H]21. The molecule has 1 aromatic heterocycles. The molecule has 0 unspecified atom stereocenters. The van der Waals surface area contributed by atoms with Crippen LogP contribution in [-0.4, -0.2) is 33.6 Å². The first-order chi connectivity index (χ1) is 11.3. The number of nitrogens with zero attached hydrogens (tertiary/aromatic N) is 2. The Morgan fingerprint density at radius 3 is 2.70 bits per heavy atom. The van der Waals surface area contributed by atoms with Gasteiger partial charge in [0, 0.05) is 18.8 Å². The first-order valence-corrected chi connectivity index (χ1v) is 8.70. The summed E-state index contributed by atoms with van der Waals surface area (Å²) in [5.41, 5.74) is 2.06. The third-order valence-corrected chi connectivity index (χ3v) is 5.60. The van der Waals surface area contributed by atoms with Crippen molar-refractivity contribution in [3.05, 3.63) is 53.9 Å². The summed E-state index contributed by atoms with van der Waals surface area (Å²) in [6, 6.07) is 13.0. The average Bonchev–Trinajstić information content (AvgIpc) is 3.15. The van der Waals surface area contributed by atoms with Crippen LogP contribution in [0.25, 0.3) is 0 Å². The van der Waals surface area contributed by atoms with E-state index in [-0.39, 0.29) is 5.91 Å². The lowest BCUT2D eigenvalue weighted by Crippen LogP contribution is -2.52. The van der Waals surface area contributed by atoms with Gasteiger partial charge in [0.25, 0.3) is 5.91 Å². The third kappa shape index (κ3) is 2.67. The zero-order valence-corrected chi connectivity index (χ0v) is 13.3. The molecular weight excluding hydrogens is 286 g/mol. The third-order valence-electron chi connectivity index (χ3n) is 5.60. The van der Waals surface area contributed by atoms with Gasteiger partial charge in [0.1, 0.15) is 5.69 Å². The zero-order valence-electron chi connectivity index (χ0n) is 13.3. The summed E-state index contributed by atoms with van der Waals surface area (Å²) in [6.07, 6.45) is 7.60. The van der Waals surface area contributed by atoms with Crippen LogP contribution in [0.4, 0.5) is 0 Å². The van der Waals surface area contributed by atoms with Crippen molar-refractivity contribution in [2.75, 3.05) is 6.54 Å². The van der Waals surface area contributed by atoms with E-state index in [4.69, 9.17) is 0 Å². The van der Waals surface area contributed by atoms with Gasteiger partial charge in [-0.05, 0) is 42.7 Å². The fraction of sp³-hybridized carbons (Fsp3) is 0.474. The molecule has 4 nitrogen and oxygen atoms in total. The molecule has 1 saturated heterocycles. The zero-order chi connectivity index (χ0) is 15.6. The summed E-state index contributed by atoms with van der Waals surface area (Å²) >= 11 is 0. The molecule has 0 bridgehead atoms. The van der Waals surface area contributed by atoms with Gasteiger partial charge in [0.15, 0.2) is 0 Å². The van der Waals surface area contributed by atoms with Crippen molar-refractivity contribution in [2.24, 2.45) is 5.92 Å². The number of carbonyl (C=O) groups excluding carboxylic acids is 1. The molecule has 4 rings (SSSR count). The van der Waals surface area contributed by atoms with Gasteiger partial charge in [-0.2, -0.15) is 5.10 Å². The lowest BCUT2D eigenvalue weighted by molar-refractivity contribution is 0.0314. The van der Waals surface area contributed by atoms with Gasteiger partial charge in [0.05, 0.1) is 0 Å².